The lowest BCUT2D eigenvalue weighted by Gasteiger charge is -2.11. The van der Waals surface area contributed by atoms with Gasteiger partial charge >= 0.3 is 0 Å². The lowest BCUT2D eigenvalue weighted by atomic mass is 9.95. The van der Waals surface area contributed by atoms with E-state index in [1.807, 2.05) is 6.08 Å². The smallest absolute Gasteiger partial charge is 0.0250 e. The van der Waals surface area contributed by atoms with Crippen molar-refractivity contribution in [1.82, 2.24) is 0 Å². The zero-order chi connectivity index (χ0) is 11.3. The summed E-state index contributed by atoms with van der Waals surface area (Å²) in [5.41, 5.74) is 3.85. The number of allylic oxidation sites excluding steroid dienone is 1. The summed E-state index contributed by atoms with van der Waals surface area (Å²) >= 11 is 0. The lowest BCUT2D eigenvalue weighted by molar-refractivity contribution is 0.575. The highest BCUT2D eigenvalue weighted by molar-refractivity contribution is 5.47. The van der Waals surface area contributed by atoms with E-state index < -0.39 is 0 Å². The average molecular weight is 200 g/mol. The highest BCUT2D eigenvalue weighted by Gasteiger charge is 2.03. The summed E-state index contributed by atoms with van der Waals surface area (Å²) in [4.78, 5) is 0. The standard InChI is InChI=1S/C15H20/c1-5-14-6-8-15(9-7-14)11-13(4)10-12(2)3/h5-9,13H,1-2,10-11H2,3-4H3. The molecule has 1 unspecified atom stereocenters. The molecule has 0 radical (unpaired) electrons. The van der Waals surface area contributed by atoms with E-state index in [-0.39, 0.29) is 0 Å². The Balaban J connectivity index is 2.56. The third kappa shape index (κ3) is 4.16. The predicted molar refractivity (Wildman–Crippen MR) is 68.8 cm³/mol. The van der Waals surface area contributed by atoms with Crippen molar-refractivity contribution >= 4 is 6.08 Å². The van der Waals surface area contributed by atoms with E-state index in [9.17, 15) is 0 Å². The minimum absolute atomic E-state index is 0.678. The van der Waals surface area contributed by atoms with Gasteiger partial charge < -0.3 is 0 Å². The Morgan fingerprint density at radius 2 is 1.93 bits per heavy atom. The third-order valence-electron chi connectivity index (χ3n) is 2.50. The Labute approximate surface area is 93.3 Å². The monoisotopic (exact) mass is 200 g/mol. The van der Waals surface area contributed by atoms with Crippen LogP contribution in [0.15, 0.2) is 43.0 Å². The molecule has 0 nitrogen and oxygen atoms in total. The molecule has 1 rings (SSSR count). The van der Waals surface area contributed by atoms with Crippen LogP contribution in [-0.4, -0.2) is 0 Å². The number of hydrogen-bond acceptors (Lipinski definition) is 0. The zero-order valence-corrected chi connectivity index (χ0v) is 9.79. The first-order valence-electron chi connectivity index (χ1n) is 5.47. The second-order valence-electron chi connectivity index (χ2n) is 4.42. The predicted octanol–water partition coefficient (Wildman–Crippen LogP) is 4.47. The van der Waals surface area contributed by atoms with Crippen LogP contribution < -0.4 is 0 Å². The van der Waals surface area contributed by atoms with Gasteiger partial charge in [-0.15, -0.1) is 6.58 Å². The van der Waals surface area contributed by atoms with Crippen molar-refractivity contribution in [2.75, 3.05) is 0 Å². The summed E-state index contributed by atoms with van der Waals surface area (Å²) < 4.78 is 0. The van der Waals surface area contributed by atoms with Gasteiger partial charge in [-0.25, -0.2) is 0 Å². The van der Waals surface area contributed by atoms with Crippen LogP contribution in [0.5, 0.6) is 0 Å². The van der Waals surface area contributed by atoms with E-state index in [4.69, 9.17) is 0 Å². The molecule has 0 N–H and O–H groups in total. The second-order valence-corrected chi connectivity index (χ2v) is 4.42. The Kier molecular flexibility index (Phi) is 4.36. The largest absolute Gasteiger partial charge is 0.100 e. The topological polar surface area (TPSA) is 0 Å². The molecule has 1 atom stereocenters. The van der Waals surface area contributed by atoms with E-state index >= 15 is 0 Å². The fraction of sp³-hybridized carbons (Fsp3) is 0.333. The van der Waals surface area contributed by atoms with Crippen LogP contribution in [0.1, 0.15) is 31.4 Å². The zero-order valence-electron chi connectivity index (χ0n) is 9.79. The third-order valence-corrected chi connectivity index (χ3v) is 2.50. The van der Waals surface area contributed by atoms with Gasteiger partial charge in [0.1, 0.15) is 0 Å². The number of benzene rings is 1. The van der Waals surface area contributed by atoms with Crippen molar-refractivity contribution in [3.8, 4) is 0 Å². The van der Waals surface area contributed by atoms with Crippen molar-refractivity contribution < 1.29 is 0 Å². The summed E-state index contributed by atoms with van der Waals surface area (Å²) in [6.07, 6.45) is 4.12. The molecule has 1 aromatic carbocycles. The molecule has 0 aliphatic rings. The Hall–Kier alpha value is -1.30. The molecule has 80 valence electrons. The molecule has 0 aliphatic carbocycles. The molecule has 0 heteroatoms. The molecule has 0 heterocycles. The molecular formula is C15H20. The minimum atomic E-state index is 0.678. The molecule has 1 aromatic rings. The van der Waals surface area contributed by atoms with Crippen LogP contribution in [0, 0.1) is 5.92 Å². The molecule has 0 spiro atoms. The van der Waals surface area contributed by atoms with E-state index in [0.29, 0.717) is 5.92 Å². The van der Waals surface area contributed by atoms with Gasteiger partial charge in [0.15, 0.2) is 0 Å². The highest BCUT2D eigenvalue weighted by Crippen LogP contribution is 2.16. The first-order valence-corrected chi connectivity index (χ1v) is 5.47. The second kappa shape index (κ2) is 5.55. The molecule has 0 saturated carbocycles. The van der Waals surface area contributed by atoms with Crippen molar-refractivity contribution in [2.24, 2.45) is 5.92 Å². The Morgan fingerprint density at radius 3 is 2.40 bits per heavy atom. The summed E-state index contributed by atoms with van der Waals surface area (Å²) in [6.45, 7) is 12.1. The van der Waals surface area contributed by atoms with Crippen molar-refractivity contribution in [1.29, 1.82) is 0 Å². The van der Waals surface area contributed by atoms with Crippen LogP contribution >= 0.6 is 0 Å². The highest BCUT2D eigenvalue weighted by atomic mass is 14.1. The molecule has 0 amide bonds. The minimum Gasteiger partial charge on any atom is -0.100 e. The first-order chi connectivity index (χ1) is 7.11. The molecule has 0 bridgehead atoms. The van der Waals surface area contributed by atoms with Crippen LogP contribution in [0.4, 0.5) is 0 Å². The summed E-state index contributed by atoms with van der Waals surface area (Å²) in [7, 11) is 0. The van der Waals surface area contributed by atoms with Gasteiger partial charge in [-0.05, 0) is 36.8 Å². The van der Waals surface area contributed by atoms with Crippen molar-refractivity contribution in [3.05, 3.63) is 54.1 Å². The molecule has 0 aliphatic heterocycles. The fourth-order valence-corrected chi connectivity index (χ4v) is 1.86. The van der Waals surface area contributed by atoms with Crippen LogP contribution in [0.3, 0.4) is 0 Å². The van der Waals surface area contributed by atoms with Gasteiger partial charge in [0.25, 0.3) is 0 Å². The average Bonchev–Trinajstić information content (AvgIpc) is 2.17. The normalized spacial score (nSPS) is 12.1. The summed E-state index contributed by atoms with van der Waals surface area (Å²) in [5, 5.41) is 0. The maximum absolute atomic E-state index is 3.95. The maximum Gasteiger partial charge on any atom is -0.0250 e. The van der Waals surface area contributed by atoms with Gasteiger partial charge in [-0.2, -0.15) is 0 Å². The van der Waals surface area contributed by atoms with Crippen LogP contribution in [0.25, 0.3) is 6.08 Å². The van der Waals surface area contributed by atoms with Gasteiger partial charge in [0.05, 0.1) is 0 Å². The van der Waals surface area contributed by atoms with Gasteiger partial charge in [-0.3, -0.25) is 0 Å². The lowest BCUT2D eigenvalue weighted by Crippen LogP contribution is -1.99. The molecule has 15 heavy (non-hydrogen) atoms. The van der Waals surface area contributed by atoms with Gasteiger partial charge in [0.2, 0.25) is 0 Å². The van der Waals surface area contributed by atoms with Crippen LogP contribution in [0.2, 0.25) is 0 Å². The van der Waals surface area contributed by atoms with E-state index in [1.165, 1.54) is 16.7 Å². The summed E-state index contributed by atoms with van der Waals surface area (Å²) in [5.74, 6) is 0.678. The summed E-state index contributed by atoms with van der Waals surface area (Å²) in [6, 6.07) is 8.61. The SMILES string of the molecule is C=Cc1ccc(CC(C)CC(=C)C)cc1. The van der Waals surface area contributed by atoms with Crippen LogP contribution in [-0.2, 0) is 6.42 Å². The molecular weight excluding hydrogens is 180 g/mol. The quantitative estimate of drug-likeness (QED) is 0.615. The maximum atomic E-state index is 3.95. The van der Waals surface area contributed by atoms with Crippen molar-refractivity contribution in [3.63, 3.8) is 0 Å². The van der Waals surface area contributed by atoms with Gasteiger partial charge in [0, 0.05) is 0 Å². The van der Waals surface area contributed by atoms with Crippen molar-refractivity contribution in [2.45, 2.75) is 26.7 Å². The first kappa shape index (κ1) is 11.8. The molecule has 0 saturated heterocycles. The molecule has 0 aromatic heterocycles. The van der Waals surface area contributed by atoms with E-state index in [1.54, 1.807) is 0 Å². The Bertz CT molecular complexity index is 330. The number of hydrogen-bond donors (Lipinski definition) is 0. The number of rotatable bonds is 5. The van der Waals surface area contributed by atoms with E-state index in [2.05, 4.69) is 51.3 Å². The van der Waals surface area contributed by atoms with Gasteiger partial charge in [-0.1, -0.05) is 49.4 Å². The molecule has 0 fully saturated rings. The van der Waals surface area contributed by atoms with E-state index in [0.717, 1.165) is 12.8 Å². The Morgan fingerprint density at radius 1 is 1.33 bits per heavy atom. The fourth-order valence-electron chi connectivity index (χ4n) is 1.86.